The molecule has 0 saturated carbocycles. The maximum absolute atomic E-state index is 13.4. The topological polar surface area (TPSA) is 92.3 Å². The molecule has 1 saturated heterocycles. The number of amides is 1. The number of hydrogen-bond acceptors (Lipinski definition) is 6. The predicted molar refractivity (Wildman–Crippen MR) is 114 cm³/mol. The van der Waals surface area contributed by atoms with Gasteiger partial charge < -0.3 is 5.32 Å². The molecule has 0 spiro atoms. The first-order valence-electron chi connectivity index (χ1n) is 9.56. The maximum atomic E-state index is 13.4. The number of nitrogens with zero attached hydrogens (tertiary/aromatic N) is 3. The second-order valence-electron chi connectivity index (χ2n) is 7.11. The van der Waals surface area contributed by atoms with E-state index in [4.69, 9.17) is 0 Å². The van der Waals surface area contributed by atoms with Crippen molar-refractivity contribution in [2.45, 2.75) is 44.0 Å². The normalized spacial score (nSPS) is 17.7. The van der Waals surface area contributed by atoms with Gasteiger partial charge in [-0.05, 0) is 49.4 Å². The highest BCUT2D eigenvalue weighted by molar-refractivity contribution is 7.89. The number of carbonyl (C=O) groups excluding carboxylic acids is 1. The van der Waals surface area contributed by atoms with Gasteiger partial charge in [-0.1, -0.05) is 31.2 Å². The lowest BCUT2D eigenvalue weighted by Gasteiger charge is -2.24. The average Bonchev–Trinajstić information content (AvgIpc) is 3.38. The van der Waals surface area contributed by atoms with Crippen molar-refractivity contribution >= 4 is 44.4 Å². The van der Waals surface area contributed by atoms with Gasteiger partial charge in [0, 0.05) is 12.2 Å². The molecule has 1 atom stereocenters. The van der Waals surface area contributed by atoms with Crippen LogP contribution in [0.25, 0.3) is 11.0 Å². The minimum Gasteiger partial charge on any atom is -0.324 e. The van der Waals surface area contributed by atoms with Gasteiger partial charge in [0.25, 0.3) is 0 Å². The molecule has 1 aromatic heterocycles. The summed E-state index contributed by atoms with van der Waals surface area (Å²) in [4.78, 5) is 13.2. The first-order valence-corrected chi connectivity index (χ1v) is 11.7. The summed E-state index contributed by atoms with van der Waals surface area (Å²) in [6.45, 7) is 4.27. The molecule has 1 aliphatic heterocycles. The SMILES string of the molecule is CCc1cccc(C)c1NC(=O)[C@@H]1CCCN1S(=O)(=O)c1cccc2nsnc12. The van der Waals surface area contributed by atoms with Crippen LogP contribution in [-0.4, -0.2) is 40.0 Å². The molecule has 0 bridgehead atoms. The highest BCUT2D eigenvalue weighted by atomic mass is 32.2. The van der Waals surface area contributed by atoms with E-state index in [1.807, 2.05) is 32.0 Å². The Morgan fingerprint density at radius 3 is 2.83 bits per heavy atom. The smallest absolute Gasteiger partial charge is 0.246 e. The van der Waals surface area contributed by atoms with Crippen LogP contribution in [0.3, 0.4) is 0 Å². The van der Waals surface area contributed by atoms with Crippen LogP contribution in [0, 0.1) is 6.92 Å². The van der Waals surface area contributed by atoms with E-state index in [1.165, 1.54) is 10.4 Å². The van der Waals surface area contributed by atoms with Crippen LogP contribution >= 0.6 is 11.7 Å². The Bertz CT molecular complexity index is 1170. The van der Waals surface area contributed by atoms with Crippen LogP contribution in [0.5, 0.6) is 0 Å². The van der Waals surface area contributed by atoms with Gasteiger partial charge in [-0.2, -0.15) is 13.1 Å². The van der Waals surface area contributed by atoms with Crippen molar-refractivity contribution in [1.29, 1.82) is 0 Å². The lowest BCUT2D eigenvalue weighted by atomic mass is 10.1. The molecule has 1 amide bonds. The quantitative estimate of drug-likeness (QED) is 0.670. The zero-order chi connectivity index (χ0) is 20.6. The maximum Gasteiger partial charge on any atom is 0.246 e. The average molecular weight is 431 g/mol. The lowest BCUT2D eigenvalue weighted by molar-refractivity contribution is -0.119. The number of rotatable bonds is 5. The van der Waals surface area contributed by atoms with Gasteiger partial charge >= 0.3 is 0 Å². The van der Waals surface area contributed by atoms with Gasteiger partial charge in [-0.15, -0.1) is 0 Å². The lowest BCUT2D eigenvalue weighted by Crippen LogP contribution is -2.43. The minimum absolute atomic E-state index is 0.105. The number of fused-ring (bicyclic) bond motifs is 1. The minimum atomic E-state index is -3.87. The number of carbonyl (C=O) groups is 1. The third-order valence-corrected chi connectivity index (χ3v) is 7.81. The van der Waals surface area contributed by atoms with Crippen molar-refractivity contribution in [3.8, 4) is 0 Å². The van der Waals surface area contributed by atoms with Crippen LogP contribution < -0.4 is 5.32 Å². The number of hydrogen-bond donors (Lipinski definition) is 1. The van der Waals surface area contributed by atoms with Gasteiger partial charge in [0.05, 0.1) is 11.7 Å². The molecule has 2 heterocycles. The number of para-hydroxylation sites is 1. The summed E-state index contributed by atoms with van der Waals surface area (Å²) in [7, 11) is -3.87. The number of anilines is 1. The molecule has 1 N–H and O–H groups in total. The molecule has 1 aliphatic rings. The van der Waals surface area contributed by atoms with E-state index >= 15 is 0 Å². The van der Waals surface area contributed by atoms with E-state index in [0.29, 0.717) is 30.4 Å². The number of sulfonamides is 1. The molecule has 4 rings (SSSR count). The van der Waals surface area contributed by atoms with Crippen molar-refractivity contribution in [1.82, 2.24) is 13.1 Å². The highest BCUT2D eigenvalue weighted by Crippen LogP contribution is 2.31. The third kappa shape index (κ3) is 3.54. The molecule has 0 radical (unpaired) electrons. The summed E-state index contributed by atoms with van der Waals surface area (Å²) in [6.07, 6.45) is 1.91. The van der Waals surface area contributed by atoms with Crippen molar-refractivity contribution in [3.63, 3.8) is 0 Å². The van der Waals surface area contributed by atoms with E-state index in [0.717, 1.165) is 35.0 Å². The second kappa shape index (κ2) is 7.81. The monoisotopic (exact) mass is 430 g/mol. The van der Waals surface area contributed by atoms with Crippen LogP contribution in [0.2, 0.25) is 0 Å². The van der Waals surface area contributed by atoms with E-state index < -0.39 is 16.1 Å². The molecule has 1 fully saturated rings. The summed E-state index contributed by atoms with van der Waals surface area (Å²) in [5.74, 6) is -0.293. The van der Waals surface area contributed by atoms with Gasteiger partial charge in [0.1, 0.15) is 22.0 Å². The fourth-order valence-electron chi connectivity index (χ4n) is 3.81. The number of benzene rings is 2. The van der Waals surface area contributed by atoms with Crippen molar-refractivity contribution in [2.24, 2.45) is 0 Å². The predicted octanol–water partition coefficient (Wildman–Crippen LogP) is 3.35. The Morgan fingerprint density at radius 1 is 1.24 bits per heavy atom. The largest absolute Gasteiger partial charge is 0.324 e. The molecular formula is C20H22N4O3S2. The second-order valence-corrected chi connectivity index (χ2v) is 9.50. The van der Waals surface area contributed by atoms with Gasteiger partial charge in [-0.3, -0.25) is 4.79 Å². The molecule has 29 heavy (non-hydrogen) atoms. The van der Waals surface area contributed by atoms with E-state index in [-0.39, 0.29) is 10.8 Å². The van der Waals surface area contributed by atoms with Gasteiger partial charge in [0.2, 0.25) is 15.9 Å². The molecule has 2 aromatic carbocycles. The fraction of sp³-hybridized carbons (Fsp3) is 0.350. The van der Waals surface area contributed by atoms with E-state index in [9.17, 15) is 13.2 Å². The first-order chi connectivity index (χ1) is 13.9. The van der Waals surface area contributed by atoms with Crippen LogP contribution in [0.4, 0.5) is 5.69 Å². The molecule has 152 valence electrons. The van der Waals surface area contributed by atoms with Crippen LogP contribution in [0.15, 0.2) is 41.3 Å². The molecule has 3 aromatic rings. The summed E-state index contributed by atoms with van der Waals surface area (Å²) >= 11 is 0.978. The Balaban J connectivity index is 1.66. The first kappa shape index (κ1) is 19.9. The zero-order valence-corrected chi connectivity index (χ0v) is 17.9. The molecule has 9 heteroatoms. The molecule has 7 nitrogen and oxygen atoms in total. The van der Waals surface area contributed by atoms with Crippen molar-refractivity contribution < 1.29 is 13.2 Å². The van der Waals surface area contributed by atoms with Crippen LogP contribution in [-0.2, 0) is 21.2 Å². The fourth-order valence-corrected chi connectivity index (χ4v) is 6.23. The van der Waals surface area contributed by atoms with Crippen molar-refractivity contribution in [3.05, 3.63) is 47.5 Å². The zero-order valence-electron chi connectivity index (χ0n) is 16.3. The highest BCUT2D eigenvalue weighted by Gasteiger charge is 2.40. The van der Waals surface area contributed by atoms with E-state index in [2.05, 4.69) is 14.1 Å². The van der Waals surface area contributed by atoms with Crippen molar-refractivity contribution in [2.75, 3.05) is 11.9 Å². The summed E-state index contributed by atoms with van der Waals surface area (Å²) in [5.41, 5.74) is 3.67. The third-order valence-electron chi connectivity index (χ3n) is 5.33. The Morgan fingerprint density at radius 2 is 2.03 bits per heavy atom. The summed E-state index contributed by atoms with van der Waals surface area (Å²) in [6, 6.07) is 10.0. The molecule has 0 unspecified atom stereocenters. The van der Waals surface area contributed by atoms with Crippen LogP contribution in [0.1, 0.15) is 30.9 Å². The summed E-state index contributed by atoms with van der Waals surface area (Å²) in [5, 5.41) is 2.99. The number of nitrogens with one attached hydrogen (secondary N) is 1. The Hall–Kier alpha value is -2.36. The Labute approximate surface area is 174 Å². The summed E-state index contributed by atoms with van der Waals surface area (Å²) < 4.78 is 36.4. The van der Waals surface area contributed by atoms with Gasteiger partial charge in [0.15, 0.2) is 0 Å². The number of aromatic nitrogens is 2. The molecular weight excluding hydrogens is 408 g/mol. The number of aryl methyl sites for hydroxylation is 2. The van der Waals surface area contributed by atoms with E-state index in [1.54, 1.807) is 12.1 Å². The standard InChI is InChI=1S/C20H22N4O3S2/c1-3-14-8-4-7-13(2)18(14)21-20(25)16-10-6-12-24(16)29(26,27)17-11-5-9-15-19(17)23-28-22-15/h4-5,7-9,11,16H,3,6,10,12H2,1-2H3,(H,21,25)/t16-/m0/s1. The van der Waals surface area contributed by atoms with Gasteiger partial charge in [-0.25, -0.2) is 8.42 Å². The molecule has 0 aliphatic carbocycles. The Kier molecular flexibility index (Phi) is 5.37.